The highest BCUT2D eigenvalue weighted by atomic mass is 79.9. The summed E-state index contributed by atoms with van der Waals surface area (Å²) in [7, 11) is 0. The molecule has 4 nitrogen and oxygen atoms in total. The van der Waals surface area contributed by atoms with Crippen molar-refractivity contribution in [3.63, 3.8) is 0 Å². The van der Waals surface area contributed by atoms with Crippen molar-refractivity contribution in [3.8, 4) is 5.75 Å². The van der Waals surface area contributed by atoms with Gasteiger partial charge >= 0.3 is 5.97 Å². The summed E-state index contributed by atoms with van der Waals surface area (Å²) in [5.74, 6) is 1.50. The van der Waals surface area contributed by atoms with Crippen LogP contribution in [0.4, 0.5) is 0 Å². The molecule has 0 aliphatic carbocycles. The first-order chi connectivity index (χ1) is 11.6. The van der Waals surface area contributed by atoms with Gasteiger partial charge in [-0.1, -0.05) is 22.0 Å². The normalized spacial score (nSPS) is 18.4. The van der Waals surface area contributed by atoms with Crippen molar-refractivity contribution in [3.05, 3.63) is 28.2 Å². The average Bonchev–Trinajstić information content (AvgIpc) is 2.56. The third-order valence-corrected chi connectivity index (χ3v) is 5.35. The van der Waals surface area contributed by atoms with Crippen molar-refractivity contribution in [2.75, 3.05) is 32.8 Å². The van der Waals surface area contributed by atoms with Gasteiger partial charge in [-0.3, -0.25) is 9.69 Å². The molecule has 0 radical (unpaired) electrons. The van der Waals surface area contributed by atoms with E-state index in [-0.39, 0.29) is 5.97 Å². The summed E-state index contributed by atoms with van der Waals surface area (Å²) in [4.78, 5) is 13.8. The summed E-state index contributed by atoms with van der Waals surface area (Å²) in [6.07, 6.45) is 4.60. The fourth-order valence-electron chi connectivity index (χ4n) is 3.22. The van der Waals surface area contributed by atoms with Gasteiger partial charge in [-0.05, 0) is 64.1 Å². The third-order valence-electron chi connectivity index (χ3n) is 4.49. The van der Waals surface area contributed by atoms with Gasteiger partial charge in [0.2, 0.25) is 0 Å². The van der Waals surface area contributed by atoms with Crippen LogP contribution in [0.15, 0.2) is 22.7 Å². The van der Waals surface area contributed by atoms with Crippen LogP contribution in [0, 0.1) is 12.8 Å². The molecule has 1 aliphatic rings. The monoisotopic (exact) mass is 397 g/mol. The van der Waals surface area contributed by atoms with Crippen molar-refractivity contribution in [2.45, 2.75) is 39.5 Å². The molecule has 0 amide bonds. The zero-order chi connectivity index (χ0) is 17.4. The molecule has 1 fully saturated rings. The van der Waals surface area contributed by atoms with Gasteiger partial charge in [-0.2, -0.15) is 0 Å². The number of ether oxygens (including phenoxy) is 2. The third kappa shape index (κ3) is 6.10. The minimum atomic E-state index is -0.105. The van der Waals surface area contributed by atoms with E-state index >= 15 is 0 Å². The van der Waals surface area contributed by atoms with Crippen LogP contribution in [-0.2, 0) is 9.53 Å². The smallest absolute Gasteiger partial charge is 0.320 e. The summed E-state index contributed by atoms with van der Waals surface area (Å²) in [6.45, 7) is 7.54. The molecule has 1 aliphatic heterocycles. The van der Waals surface area contributed by atoms with E-state index in [0.29, 0.717) is 19.1 Å². The maximum atomic E-state index is 11.6. The van der Waals surface area contributed by atoms with E-state index in [0.717, 1.165) is 54.7 Å². The lowest BCUT2D eigenvalue weighted by molar-refractivity contribution is -0.144. The number of likely N-dealkylation sites (tertiary alicyclic amines) is 1. The number of carbonyl (C=O) groups excluding carboxylic acids is 1. The van der Waals surface area contributed by atoms with E-state index in [2.05, 4.69) is 27.8 Å². The first kappa shape index (κ1) is 19.3. The second kappa shape index (κ2) is 10.0. The summed E-state index contributed by atoms with van der Waals surface area (Å²) in [5, 5.41) is 0. The highest BCUT2D eigenvalue weighted by molar-refractivity contribution is 9.10. The Labute approximate surface area is 153 Å². The fourth-order valence-corrected chi connectivity index (χ4v) is 3.57. The Morgan fingerprint density at radius 1 is 1.42 bits per heavy atom. The predicted molar refractivity (Wildman–Crippen MR) is 99.4 cm³/mol. The summed E-state index contributed by atoms with van der Waals surface area (Å²) in [5.41, 5.74) is 1.15. The lowest BCUT2D eigenvalue weighted by atomic mass is 9.93. The van der Waals surface area contributed by atoms with Crippen molar-refractivity contribution >= 4 is 21.9 Å². The summed E-state index contributed by atoms with van der Waals surface area (Å²) < 4.78 is 12.0. The van der Waals surface area contributed by atoms with E-state index < -0.39 is 0 Å². The molecule has 5 heteroatoms. The van der Waals surface area contributed by atoms with Crippen molar-refractivity contribution in [2.24, 2.45) is 5.92 Å². The number of halogens is 1. The molecule has 1 saturated heterocycles. The Kier molecular flexibility index (Phi) is 8.06. The average molecular weight is 398 g/mol. The Balaban J connectivity index is 1.68. The van der Waals surface area contributed by atoms with Gasteiger partial charge in [0, 0.05) is 16.6 Å². The van der Waals surface area contributed by atoms with Crippen LogP contribution < -0.4 is 4.74 Å². The summed E-state index contributed by atoms with van der Waals surface area (Å²) in [6, 6.07) is 6.05. The van der Waals surface area contributed by atoms with E-state index in [1.807, 2.05) is 25.1 Å². The quantitative estimate of drug-likeness (QED) is 0.486. The number of benzene rings is 1. The topological polar surface area (TPSA) is 38.8 Å². The second-order valence-corrected chi connectivity index (χ2v) is 7.26. The molecule has 0 N–H and O–H groups in total. The molecule has 1 atom stereocenters. The van der Waals surface area contributed by atoms with Crippen LogP contribution in [0.25, 0.3) is 0 Å². The van der Waals surface area contributed by atoms with Crippen LogP contribution in [0.3, 0.4) is 0 Å². The largest absolute Gasteiger partial charge is 0.493 e. The van der Waals surface area contributed by atoms with E-state index in [4.69, 9.17) is 9.47 Å². The lowest BCUT2D eigenvalue weighted by Gasteiger charge is -2.32. The number of carbonyl (C=O) groups is 1. The number of esters is 1. The van der Waals surface area contributed by atoms with Gasteiger partial charge in [-0.15, -0.1) is 0 Å². The molecule has 0 unspecified atom stereocenters. The second-order valence-electron chi connectivity index (χ2n) is 6.40. The van der Waals surface area contributed by atoms with Crippen LogP contribution in [-0.4, -0.2) is 43.7 Å². The maximum Gasteiger partial charge on any atom is 0.320 e. The molecule has 1 aromatic rings. The lowest BCUT2D eigenvalue weighted by Crippen LogP contribution is -2.39. The zero-order valence-corrected chi connectivity index (χ0v) is 16.3. The van der Waals surface area contributed by atoms with Crippen LogP contribution >= 0.6 is 15.9 Å². The molecular formula is C19H28BrNO3. The van der Waals surface area contributed by atoms with Gasteiger partial charge in [0.05, 0.1) is 19.8 Å². The Hall–Kier alpha value is -1.07. The van der Waals surface area contributed by atoms with Gasteiger partial charge in [0.15, 0.2) is 0 Å². The molecule has 0 saturated carbocycles. The fraction of sp³-hybridized carbons (Fsp3) is 0.632. The maximum absolute atomic E-state index is 11.6. The van der Waals surface area contributed by atoms with Crippen molar-refractivity contribution < 1.29 is 14.3 Å². The highest BCUT2D eigenvalue weighted by Crippen LogP contribution is 2.26. The summed E-state index contributed by atoms with van der Waals surface area (Å²) >= 11 is 3.53. The SMILES string of the molecule is CCOC(=O)CN1CCC[C@H](CCCOc2cccc(Br)c2C)C1. The molecule has 1 heterocycles. The van der Waals surface area contributed by atoms with Gasteiger partial charge in [-0.25, -0.2) is 0 Å². The minimum absolute atomic E-state index is 0.105. The van der Waals surface area contributed by atoms with Gasteiger partial charge in [0.25, 0.3) is 0 Å². The number of hydrogen-bond donors (Lipinski definition) is 0. The molecule has 24 heavy (non-hydrogen) atoms. The number of rotatable bonds is 8. The van der Waals surface area contributed by atoms with Gasteiger partial charge < -0.3 is 9.47 Å². The molecular weight excluding hydrogens is 370 g/mol. The molecule has 0 spiro atoms. The van der Waals surface area contributed by atoms with E-state index in [1.54, 1.807) is 0 Å². The van der Waals surface area contributed by atoms with Crippen LogP contribution in [0.5, 0.6) is 5.75 Å². The molecule has 134 valence electrons. The zero-order valence-electron chi connectivity index (χ0n) is 14.7. The number of hydrogen-bond acceptors (Lipinski definition) is 4. The molecule has 0 aromatic heterocycles. The Bertz CT molecular complexity index is 535. The van der Waals surface area contributed by atoms with Crippen molar-refractivity contribution in [1.82, 2.24) is 4.90 Å². The first-order valence-electron chi connectivity index (χ1n) is 8.86. The molecule has 2 rings (SSSR count). The predicted octanol–water partition coefficient (Wildman–Crippen LogP) is 4.19. The van der Waals surface area contributed by atoms with Gasteiger partial charge in [0.1, 0.15) is 5.75 Å². The van der Waals surface area contributed by atoms with E-state index in [9.17, 15) is 4.79 Å². The van der Waals surface area contributed by atoms with E-state index in [1.165, 1.54) is 6.42 Å². The number of piperidine rings is 1. The van der Waals surface area contributed by atoms with Crippen molar-refractivity contribution in [1.29, 1.82) is 0 Å². The van der Waals surface area contributed by atoms with Crippen LogP contribution in [0.1, 0.15) is 38.2 Å². The Morgan fingerprint density at radius 3 is 3.04 bits per heavy atom. The molecule has 1 aromatic carbocycles. The highest BCUT2D eigenvalue weighted by Gasteiger charge is 2.21. The Morgan fingerprint density at radius 2 is 2.25 bits per heavy atom. The number of nitrogens with zero attached hydrogens (tertiary/aromatic N) is 1. The minimum Gasteiger partial charge on any atom is -0.493 e. The standard InChI is InChI=1S/C19H28BrNO3/c1-3-23-19(22)14-21-11-5-7-16(13-21)8-6-12-24-18-10-4-9-17(20)15(18)2/h4,9-10,16H,3,5-8,11-14H2,1-2H3/t16-/m1/s1. The van der Waals surface area contributed by atoms with Crippen LogP contribution in [0.2, 0.25) is 0 Å². The first-order valence-corrected chi connectivity index (χ1v) is 9.65. The molecule has 0 bridgehead atoms.